The first-order valence-electron chi connectivity index (χ1n) is 6.33. The van der Waals surface area contributed by atoms with E-state index in [4.69, 9.17) is 0 Å². The Morgan fingerprint density at radius 3 is 2.83 bits per heavy atom. The van der Waals surface area contributed by atoms with E-state index in [1.807, 2.05) is 0 Å². The first-order chi connectivity index (χ1) is 8.56. The lowest BCUT2D eigenvalue weighted by Gasteiger charge is -2.15. The first kappa shape index (κ1) is 12.9. The van der Waals surface area contributed by atoms with Crippen molar-refractivity contribution in [1.29, 1.82) is 0 Å². The molecule has 0 atom stereocenters. The van der Waals surface area contributed by atoms with Crippen molar-refractivity contribution in [2.75, 3.05) is 6.54 Å². The molecule has 2 N–H and O–H groups in total. The van der Waals surface area contributed by atoms with Gasteiger partial charge in [-0.2, -0.15) is 0 Å². The van der Waals surface area contributed by atoms with E-state index in [0.29, 0.717) is 6.54 Å². The number of amides is 1. The minimum Gasteiger partial charge on any atom is -0.507 e. The number of halogens is 1. The molecule has 0 bridgehead atoms. The molecule has 0 aromatic heterocycles. The molecule has 1 aromatic carbocycles. The number of phenolic OH excluding ortho intramolecular Hbond substituents is 1. The maximum Gasteiger partial charge on any atom is 0.255 e. The number of hydrogen-bond acceptors (Lipinski definition) is 2. The molecule has 0 saturated heterocycles. The largest absolute Gasteiger partial charge is 0.507 e. The van der Waals surface area contributed by atoms with Crippen LogP contribution in [0.15, 0.2) is 18.2 Å². The van der Waals surface area contributed by atoms with Crippen LogP contribution in [-0.4, -0.2) is 17.6 Å². The Balaban J connectivity index is 1.98. The van der Waals surface area contributed by atoms with Crippen LogP contribution >= 0.6 is 0 Å². The van der Waals surface area contributed by atoms with Crippen molar-refractivity contribution in [2.24, 2.45) is 5.41 Å². The highest BCUT2D eigenvalue weighted by Gasteiger charge is 2.41. The van der Waals surface area contributed by atoms with Gasteiger partial charge >= 0.3 is 0 Å². The monoisotopic (exact) mass is 251 g/mol. The van der Waals surface area contributed by atoms with Crippen LogP contribution in [0.4, 0.5) is 4.39 Å². The summed E-state index contributed by atoms with van der Waals surface area (Å²) in [6, 6.07) is 3.39. The summed E-state index contributed by atoms with van der Waals surface area (Å²) >= 11 is 0. The van der Waals surface area contributed by atoms with Crippen molar-refractivity contribution in [3.8, 4) is 5.75 Å². The van der Waals surface area contributed by atoms with Crippen LogP contribution in [0, 0.1) is 11.2 Å². The average molecular weight is 251 g/mol. The standard InChI is InChI=1S/C14H18FNO2/c1-2-5-14(6-7-14)9-16-13(18)11-8-10(15)3-4-12(11)17/h3-4,8,17H,2,5-7,9H2,1H3,(H,16,18). The van der Waals surface area contributed by atoms with Crippen LogP contribution in [0.2, 0.25) is 0 Å². The van der Waals surface area contributed by atoms with Gasteiger partial charge in [0.05, 0.1) is 5.56 Å². The molecule has 1 aliphatic carbocycles. The molecule has 4 heteroatoms. The summed E-state index contributed by atoms with van der Waals surface area (Å²) in [6.45, 7) is 2.73. The minimum absolute atomic E-state index is 0.00213. The molecule has 1 amide bonds. The van der Waals surface area contributed by atoms with Crippen molar-refractivity contribution in [3.63, 3.8) is 0 Å². The summed E-state index contributed by atoms with van der Waals surface area (Å²) < 4.78 is 13.0. The Hall–Kier alpha value is -1.58. The highest BCUT2D eigenvalue weighted by atomic mass is 19.1. The van der Waals surface area contributed by atoms with Gasteiger partial charge in [-0.05, 0) is 42.9 Å². The lowest BCUT2D eigenvalue weighted by molar-refractivity contribution is 0.0940. The summed E-state index contributed by atoms with van der Waals surface area (Å²) in [4.78, 5) is 11.9. The lowest BCUT2D eigenvalue weighted by Crippen LogP contribution is -2.30. The second kappa shape index (κ2) is 4.96. The third kappa shape index (κ3) is 2.81. The second-order valence-corrected chi connectivity index (χ2v) is 5.09. The smallest absolute Gasteiger partial charge is 0.255 e. The summed E-state index contributed by atoms with van der Waals surface area (Å²) in [6.07, 6.45) is 4.47. The molecule has 0 heterocycles. The molecule has 0 spiro atoms. The van der Waals surface area contributed by atoms with Gasteiger partial charge in [0.2, 0.25) is 0 Å². The number of aromatic hydroxyl groups is 1. The fraction of sp³-hybridized carbons (Fsp3) is 0.500. The Labute approximate surface area is 106 Å². The predicted molar refractivity (Wildman–Crippen MR) is 67.0 cm³/mol. The average Bonchev–Trinajstić information content (AvgIpc) is 3.10. The molecule has 1 aromatic rings. The Bertz CT molecular complexity index is 455. The third-order valence-corrected chi connectivity index (χ3v) is 3.56. The fourth-order valence-electron chi connectivity index (χ4n) is 2.28. The van der Waals surface area contributed by atoms with E-state index in [2.05, 4.69) is 12.2 Å². The number of hydrogen-bond donors (Lipinski definition) is 2. The van der Waals surface area contributed by atoms with E-state index in [9.17, 15) is 14.3 Å². The second-order valence-electron chi connectivity index (χ2n) is 5.09. The summed E-state index contributed by atoms with van der Waals surface area (Å²) in [7, 11) is 0. The van der Waals surface area contributed by atoms with E-state index in [0.717, 1.165) is 37.8 Å². The topological polar surface area (TPSA) is 49.3 Å². The maximum atomic E-state index is 13.0. The van der Waals surface area contributed by atoms with Gasteiger partial charge in [0.1, 0.15) is 11.6 Å². The molecule has 98 valence electrons. The molecule has 0 radical (unpaired) electrons. The molecule has 1 saturated carbocycles. The van der Waals surface area contributed by atoms with Crippen molar-refractivity contribution >= 4 is 5.91 Å². The maximum absolute atomic E-state index is 13.0. The molecule has 0 unspecified atom stereocenters. The highest BCUT2D eigenvalue weighted by Crippen LogP contribution is 2.48. The molecular formula is C14H18FNO2. The quantitative estimate of drug-likeness (QED) is 0.845. The summed E-state index contributed by atoms with van der Waals surface area (Å²) in [5.74, 6) is -1.11. The van der Waals surface area contributed by atoms with Crippen LogP contribution < -0.4 is 5.32 Å². The zero-order chi connectivity index (χ0) is 13.2. The molecule has 18 heavy (non-hydrogen) atoms. The van der Waals surface area contributed by atoms with Gasteiger partial charge in [0.25, 0.3) is 5.91 Å². The van der Waals surface area contributed by atoms with Gasteiger partial charge < -0.3 is 10.4 Å². The minimum atomic E-state index is -0.521. The van der Waals surface area contributed by atoms with E-state index in [-0.39, 0.29) is 16.7 Å². The molecule has 3 nitrogen and oxygen atoms in total. The van der Waals surface area contributed by atoms with Gasteiger partial charge in [-0.3, -0.25) is 4.79 Å². The lowest BCUT2D eigenvalue weighted by atomic mass is 10.0. The SMILES string of the molecule is CCCC1(CNC(=O)c2cc(F)ccc2O)CC1. The number of nitrogens with one attached hydrogen (secondary N) is 1. The molecule has 0 aliphatic heterocycles. The van der Waals surface area contributed by atoms with E-state index < -0.39 is 11.7 Å². The van der Waals surface area contributed by atoms with Crippen molar-refractivity contribution in [2.45, 2.75) is 32.6 Å². The molecule has 2 rings (SSSR count). The molecular weight excluding hydrogens is 233 g/mol. The van der Waals surface area contributed by atoms with E-state index in [1.165, 1.54) is 6.07 Å². The first-order valence-corrected chi connectivity index (χ1v) is 6.33. The van der Waals surface area contributed by atoms with Crippen LogP contribution in [0.25, 0.3) is 0 Å². The van der Waals surface area contributed by atoms with E-state index >= 15 is 0 Å². The summed E-state index contributed by atoms with van der Waals surface area (Å²) in [5, 5.41) is 12.3. The number of carbonyl (C=O) groups is 1. The van der Waals surface area contributed by atoms with Crippen molar-refractivity contribution in [1.82, 2.24) is 5.32 Å². The number of rotatable bonds is 5. The van der Waals surface area contributed by atoms with Gasteiger partial charge in [0.15, 0.2) is 0 Å². The fourth-order valence-corrected chi connectivity index (χ4v) is 2.28. The number of carbonyl (C=O) groups excluding carboxylic acids is 1. The zero-order valence-corrected chi connectivity index (χ0v) is 10.5. The normalized spacial score (nSPS) is 16.3. The molecule has 1 fully saturated rings. The Morgan fingerprint density at radius 1 is 1.50 bits per heavy atom. The van der Waals surface area contributed by atoms with Crippen molar-refractivity contribution < 1.29 is 14.3 Å². The molecule has 1 aliphatic rings. The van der Waals surface area contributed by atoms with Gasteiger partial charge in [0, 0.05) is 6.54 Å². The van der Waals surface area contributed by atoms with Crippen molar-refractivity contribution in [3.05, 3.63) is 29.6 Å². The van der Waals surface area contributed by atoms with Crippen LogP contribution in [-0.2, 0) is 0 Å². The zero-order valence-electron chi connectivity index (χ0n) is 10.5. The van der Waals surface area contributed by atoms with Gasteiger partial charge in [-0.15, -0.1) is 0 Å². The van der Waals surface area contributed by atoms with Crippen LogP contribution in [0.1, 0.15) is 43.0 Å². The predicted octanol–water partition coefficient (Wildman–Crippen LogP) is 2.84. The van der Waals surface area contributed by atoms with Gasteiger partial charge in [-0.25, -0.2) is 4.39 Å². The highest BCUT2D eigenvalue weighted by molar-refractivity contribution is 5.96. The Morgan fingerprint density at radius 2 is 2.22 bits per heavy atom. The van der Waals surface area contributed by atoms with Gasteiger partial charge in [-0.1, -0.05) is 13.3 Å². The number of benzene rings is 1. The Kier molecular flexibility index (Phi) is 3.55. The van der Waals surface area contributed by atoms with Crippen LogP contribution in [0.3, 0.4) is 0 Å². The number of phenols is 1. The van der Waals surface area contributed by atoms with E-state index in [1.54, 1.807) is 0 Å². The third-order valence-electron chi connectivity index (χ3n) is 3.56. The summed E-state index contributed by atoms with van der Waals surface area (Å²) in [5.41, 5.74) is 0.246. The van der Waals surface area contributed by atoms with Crippen LogP contribution in [0.5, 0.6) is 5.75 Å².